The molecule has 11 nitrogen and oxygen atoms in total. The third kappa shape index (κ3) is 7.38. The summed E-state index contributed by atoms with van der Waals surface area (Å²) in [7, 11) is -2.43. The zero-order valence-electron chi connectivity index (χ0n) is 20.0. The normalized spacial score (nSPS) is 20.3. The number of nitrogens with one attached hydrogen (secondary N) is 2. The smallest absolute Gasteiger partial charge is 0.247 e. The van der Waals surface area contributed by atoms with Gasteiger partial charge in [-0.2, -0.15) is 0 Å². The van der Waals surface area contributed by atoms with Gasteiger partial charge in [0.25, 0.3) is 0 Å². The van der Waals surface area contributed by atoms with Crippen LogP contribution in [0.15, 0.2) is 71.1 Å². The summed E-state index contributed by atoms with van der Waals surface area (Å²) in [6.07, 6.45) is -1.83. The highest BCUT2D eigenvalue weighted by Crippen LogP contribution is 2.21. The lowest BCUT2D eigenvalue weighted by Crippen LogP contribution is -2.53. The Bertz CT molecular complexity index is 1260. The van der Waals surface area contributed by atoms with Crippen LogP contribution in [0.1, 0.15) is 12.0 Å². The van der Waals surface area contributed by atoms with Gasteiger partial charge in [0.05, 0.1) is 24.2 Å². The molecule has 1 aliphatic rings. The van der Waals surface area contributed by atoms with Crippen LogP contribution in [0.3, 0.4) is 0 Å². The SMILES string of the molecule is COc1ccc(CC(NC(=O)C2=CC(NC(=O)CS(=O)(=O)c3ccccc3)C(O)C(O)C2)C(N)=O)cc1. The second-order valence-electron chi connectivity index (χ2n) is 8.60. The van der Waals surface area contributed by atoms with Gasteiger partial charge in [-0.3, -0.25) is 14.4 Å². The fourth-order valence-electron chi connectivity index (χ4n) is 3.85. The van der Waals surface area contributed by atoms with Crippen molar-refractivity contribution in [1.29, 1.82) is 0 Å². The van der Waals surface area contributed by atoms with Crippen molar-refractivity contribution in [1.82, 2.24) is 10.6 Å². The second kappa shape index (κ2) is 12.0. The first-order chi connectivity index (χ1) is 17.5. The van der Waals surface area contributed by atoms with Gasteiger partial charge < -0.3 is 31.3 Å². The molecule has 198 valence electrons. The Morgan fingerprint density at radius 2 is 1.73 bits per heavy atom. The molecule has 4 unspecified atom stereocenters. The molecule has 0 heterocycles. The van der Waals surface area contributed by atoms with Crippen LogP contribution in [-0.4, -0.2) is 73.5 Å². The third-order valence-electron chi connectivity index (χ3n) is 5.86. The number of carbonyl (C=O) groups excluding carboxylic acids is 3. The Morgan fingerprint density at radius 1 is 1.08 bits per heavy atom. The van der Waals surface area contributed by atoms with Crippen molar-refractivity contribution < 1.29 is 37.8 Å². The predicted octanol–water partition coefficient (Wildman–Crippen LogP) is -0.782. The first kappa shape index (κ1) is 27.8. The lowest BCUT2D eigenvalue weighted by molar-refractivity contribution is -0.126. The standard InChI is InChI=1S/C25H29N3O8S/c1-36-17-9-7-15(8-10-17)11-20(24(26)32)28-25(33)16-12-19(23(31)21(29)13-16)27-22(30)14-37(34,35)18-5-3-2-4-6-18/h2-10,12,19-21,23,29,31H,11,13-14H2,1H3,(H2,26,32)(H,27,30)(H,28,33). The van der Waals surface area contributed by atoms with Crippen LogP contribution in [0.4, 0.5) is 0 Å². The molecule has 0 spiro atoms. The molecule has 37 heavy (non-hydrogen) atoms. The number of hydrogen-bond donors (Lipinski definition) is 5. The molecule has 3 rings (SSSR count). The number of aliphatic hydroxyl groups excluding tert-OH is 2. The highest BCUT2D eigenvalue weighted by molar-refractivity contribution is 7.92. The van der Waals surface area contributed by atoms with Crippen molar-refractivity contribution in [2.45, 2.75) is 42.0 Å². The van der Waals surface area contributed by atoms with Crippen molar-refractivity contribution in [3.05, 3.63) is 71.8 Å². The molecule has 0 fully saturated rings. The molecule has 2 aromatic carbocycles. The maximum absolute atomic E-state index is 12.9. The topological polar surface area (TPSA) is 185 Å². The molecule has 1 aliphatic carbocycles. The molecular weight excluding hydrogens is 502 g/mol. The molecule has 0 saturated heterocycles. The molecule has 4 atom stereocenters. The summed E-state index contributed by atoms with van der Waals surface area (Å²) in [5.41, 5.74) is 6.17. The van der Waals surface area contributed by atoms with Crippen molar-refractivity contribution in [2.75, 3.05) is 12.9 Å². The molecule has 12 heteroatoms. The van der Waals surface area contributed by atoms with E-state index in [0.717, 1.165) is 0 Å². The van der Waals surface area contributed by atoms with Gasteiger partial charge in [-0.1, -0.05) is 36.4 Å². The zero-order valence-corrected chi connectivity index (χ0v) is 20.9. The van der Waals surface area contributed by atoms with Gasteiger partial charge >= 0.3 is 0 Å². The Hall–Kier alpha value is -3.74. The molecule has 0 aliphatic heterocycles. The zero-order chi connectivity index (χ0) is 27.2. The minimum atomic E-state index is -3.95. The van der Waals surface area contributed by atoms with Gasteiger partial charge in [-0.25, -0.2) is 8.42 Å². The summed E-state index contributed by atoms with van der Waals surface area (Å²) < 4.78 is 30.0. The average molecular weight is 532 g/mol. The van der Waals surface area contributed by atoms with E-state index in [2.05, 4.69) is 10.6 Å². The largest absolute Gasteiger partial charge is 0.497 e. The van der Waals surface area contributed by atoms with Gasteiger partial charge in [0, 0.05) is 18.4 Å². The monoisotopic (exact) mass is 531 g/mol. The molecule has 0 aromatic heterocycles. The van der Waals surface area contributed by atoms with Crippen molar-refractivity contribution in [3.63, 3.8) is 0 Å². The number of methoxy groups -OCH3 is 1. The first-order valence-corrected chi connectivity index (χ1v) is 13.0. The summed E-state index contributed by atoms with van der Waals surface area (Å²) in [4.78, 5) is 37.3. The van der Waals surface area contributed by atoms with Crippen LogP contribution in [0.25, 0.3) is 0 Å². The summed E-state index contributed by atoms with van der Waals surface area (Å²) in [5, 5.41) is 25.5. The van der Waals surface area contributed by atoms with E-state index in [1.165, 1.54) is 37.5 Å². The van der Waals surface area contributed by atoms with Gasteiger partial charge in [0.2, 0.25) is 17.7 Å². The van der Waals surface area contributed by atoms with E-state index >= 15 is 0 Å². The minimum absolute atomic E-state index is 0.00463. The second-order valence-corrected chi connectivity index (χ2v) is 10.6. The Kier molecular flexibility index (Phi) is 9.03. The molecule has 0 bridgehead atoms. The number of aliphatic hydroxyl groups is 2. The number of rotatable bonds is 10. The lowest BCUT2D eigenvalue weighted by atomic mass is 9.89. The Morgan fingerprint density at radius 3 is 2.32 bits per heavy atom. The summed E-state index contributed by atoms with van der Waals surface area (Å²) in [5.74, 6) is -2.70. The van der Waals surface area contributed by atoms with Crippen LogP contribution in [-0.2, 0) is 30.6 Å². The molecule has 6 N–H and O–H groups in total. The number of sulfone groups is 1. The maximum Gasteiger partial charge on any atom is 0.247 e. The highest BCUT2D eigenvalue weighted by Gasteiger charge is 2.35. The minimum Gasteiger partial charge on any atom is -0.497 e. The molecule has 0 saturated carbocycles. The van der Waals surface area contributed by atoms with Crippen molar-refractivity contribution in [2.24, 2.45) is 5.73 Å². The maximum atomic E-state index is 12.9. The fraction of sp³-hybridized carbons (Fsp3) is 0.320. The highest BCUT2D eigenvalue weighted by atomic mass is 32.2. The molecule has 2 aromatic rings. The average Bonchev–Trinajstić information content (AvgIpc) is 2.86. The number of amides is 3. The van der Waals surface area contributed by atoms with Crippen molar-refractivity contribution in [3.8, 4) is 5.75 Å². The van der Waals surface area contributed by atoms with E-state index in [9.17, 15) is 33.0 Å². The number of carbonyl (C=O) groups is 3. The summed E-state index contributed by atoms with van der Waals surface area (Å²) in [6, 6.07) is 11.9. The van der Waals surface area contributed by atoms with Gasteiger partial charge in [-0.15, -0.1) is 0 Å². The fourth-order valence-corrected chi connectivity index (χ4v) is 5.01. The first-order valence-electron chi connectivity index (χ1n) is 11.4. The van der Waals surface area contributed by atoms with E-state index in [1.807, 2.05) is 0 Å². The Labute approximate surface area is 214 Å². The number of ether oxygens (including phenoxy) is 1. The quantitative estimate of drug-likeness (QED) is 0.264. The predicted molar refractivity (Wildman–Crippen MR) is 133 cm³/mol. The lowest BCUT2D eigenvalue weighted by Gasteiger charge is -2.31. The van der Waals surface area contributed by atoms with Gasteiger partial charge in [0.1, 0.15) is 23.6 Å². The van der Waals surface area contributed by atoms with E-state index in [1.54, 1.807) is 30.3 Å². The van der Waals surface area contributed by atoms with Crippen LogP contribution in [0.5, 0.6) is 5.75 Å². The third-order valence-corrected chi connectivity index (χ3v) is 7.49. The van der Waals surface area contributed by atoms with Crippen molar-refractivity contribution >= 4 is 27.6 Å². The van der Waals surface area contributed by atoms with Crippen LogP contribution < -0.4 is 21.1 Å². The van der Waals surface area contributed by atoms with E-state index in [-0.39, 0.29) is 23.3 Å². The number of nitrogens with two attached hydrogens (primary N) is 1. The summed E-state index contributed by atoms with van der Waals surface area (Å²) >= 11 is 0. The van der Waals surface area contributed by atoms with Gasteiger partial charge in [0.15, 0.2) is 9.84 Å². The Balaban J connectivity index is 1.70. The number of benzene rings is 2. The number of hydrogen-bond acceptors (Lipinski definition) is 8. The van der Waals surface area contributed by atoms with E-state index < -0.39 is 57.6 Å². The molecular formula is C25H29N3O8S. The van der Waals surface area contributed by atoms with Crippen LogP contribution in [0, 0.1) is 0 Å². The van der Waals surface area contributed by atoms with E-state index in [0.29, 0.717) is 11.3 Å². The molecule has 0 radical (unpaired) electrons. The summed E-state index contributed by atoms with van der Waals surface area (Å²) in [6.45, 7) is 0. The number of primary amides is 1. The van der Waals surface area contributed by atoms with E-state index in [4.69, 9.17) is 10.5 Å². The molecule has 3 amide bonds. The van der Waals surface area contributed by atoms with Crippen LogP contribution >= 0.6 is 0 Å². The van der Waals surface area contributed by atoms with Crippen LogP contribution in [0.2, 0.25) is 0 Å². The van der Waals surface area contributed by atoms with Gasteiger partial charge in [-0.05, 0) is 29.8 Å².